The first kappa shape index (κ1) is 25.3. The molecule has 3 aliphatic rings. The Labute approximate surface area is 219 Å². The number of hydrogen-bond donors (Lipinski definition) is 1. The van der Waals surface area contributed by atoms with Crippen LogP contribution in [0, 0.1) is 5.92 Å². The summed E-state index contributed by atoms with van der Waals surface area (Å²) < 4.78 is 0. The Balaban J connectivity index is 1.32. The molecule has 7 nitrogen and oxygen atoms in total. The average molecular weight is 503 g/mol. The van der Waals surface area contributed by atoms with E-state index in [9.17, 15) is 14.4 Å². The first-order valence-corrected chi connectivity index (χ1v) is 13.9. The van der Waals surface area contributed by atoms with E-state index in [1.165, 1.54) is 0 Å². The van der Waals surface area contributed by atoms with Crippen molar-refractivity contribution in [2.75, 3.05) is 49.5 Å². The summed E-state index contributed by atoms with van der Waals surface area (Å²) in [5.41, 5.74) is 3.28. The minimum Gasteiger partial charge on any atom is -0.367 e. The molecule has 7 heteroatoms. The first-order valence-electron chi connectivity index (χ1n) is 13.9. The molecule has 0 bridgehead atoms. The third-order valence-electron chi connectivity index (χ3n) is 7.93. The fourth-order valence-corrected chi connectivity index (χ4v) is 5.54. The second-order valence-corrected chi connectivity index (χ2v) is 10.5. The van der Waals surface area contributed by atoms with E-state index >= 15 is 0 Å². The topological polar surface area (TPSA) is 73.0 Å². The third-order valence-corrected chi connectivity index (χ3v) is 7.93. The summed E-state index contributed by atoms with van der Waals surface area (Å²) in [5, 5.41) is 3.01. The summed E-state index contributed by atoms with van der Waals surface area (Å²) >= 11 is 0. The van der Waals surface area contributed by atoms with Crippen LogP contribution in [0.4, 0.5) is 11.4 Å². The number of rotatable bonds is 7. The molecule has 3 fully saturated rings. The second kappa shape index (κ2) is 11.4. The molecule has 0 radical (unpaired) electrons. The van der Waals surface area contributed by atoms with Crippen molar-refractivity contribution in [3.63, 3.8) is 0 Å². The lowest BCUT2D eigenvalue weighted by Gasteiger charge is -2.38. The molecule has 5 rings (SSSR count). The van der Waals surface area contributed by atoms with Gasteiger partial charge in [-0.1, -0.05) is 37.3 Å². The summed E-state index contributed by atoms with van der Waals surface area (Å²) in [7, 11) is 0. The van der Waals surface area contributed by atoms with Crippen molar-refractivity contribution in [2.45, 2.75) is 51.4 Å². The molecule has 196 valence electrons. The molecule has 2 saturated heterocycles. The van der Waals surface area contributed by atoms with E-state index in [0.29, 0.717) is 37.4 Å². The molecule has 1 atom stereocenters. The number of piperazine rings is 1. The number of carbonyl (C=O) groups excluding carboxylic acids is 3. The maximum atomic E-state index is 13.6. The predicted octanol–water partition coefficient (Wildman–Crippen LogP) is 4.50. The lowest BCUT2D eigenvalue weighted by atomic mass is 9.94. The van der Waals surface area contributed by atoms with Crippen LogP contribution in [0.5, 0.6) is 0 Å². The van der Waals surface area contributed by atoms with E-state index < -0.39 is 0 Å². The molecule has 2 aliphatic heterocycles. The van der Waals surface area contributed by atoms with Crippen LogP contribution in [0.25, 0.3) is 0 Å². The van der Waals surface area contributed by atoms with E-state index in [1.54, 1.807) is 0 Å². The Morgan fingerprint density at radius 1 is 0.865 bits per heavy atom. The van der Waals surface area contributed by atoms with Crippen LogP contribution in [0.3, 0.4) is 0 Å². The van der Waals surface area contributed by atoms with Crippen molar-refractivity contribution in [3.8, 4) is 0 Å². The van der Waals surface area contributed by atoms with E-state index in [0.717, 1.165) is 62.9 Å². The fourth-order valence-electron chi connectivity index (χ4n) is 5.54. The highest BCUT2D eigenvalue weighted by Gasteiger charge is 2.32. The van der Waals surface area contributed by atoms with Gasteiger partial charge < -0.3 is 20.0 Å². The van der Waals surface area contributed by atoms with E-state index in [4.69, 9.17) is 0 Å². The molecule has 1 N–H and O–H groups in total. The predicted molar refractivity (Wildman–Crippen MR) is 146 cm³/mol. The van der Waals surface area contributed by atoms with Crippen LogP contribution in [0.1, 0.15) is 67.3 Å². The number of amides is 3. The van der Waals surface area contributed by atoms with Crippen molar-refractivity contribution in [2.24, 2.45) is 5.92 Å². The number of anilines is 2. The van der Waals surface area contributed by atoms with Gasteiger partial charge in [0.25, 0.3) is 5.91 Å². The zero-order valence-corrected chi connectivity index (χ0v) is 21.8. The van der Waals surface area contributed by atoms with Crippen LogP contribution in [0.2, 0.25) is 0 Å². The summed E-state index contributed by atoms with van der Waals surface area (Å²) in [4.78, 5) is 45.5. The molecular weight excluding hydrogens is 464 g/mol. The minimum atomic E-state index is -0.127. The van der Waals surface area contributed by atoms with Gasteiger partial charge in [0.1, 0.15) is 0 Å². The van der Waals surface area contributed by atoms with Crippen LogP contribution in [-0.2, 0) is 9.59 Å². The monoisotopic (exact) mass is 502 g/mol. The van der Waals surface area contributed by atoms with Crippen LogP contribution in [-0.4, -0.2) is 66.8 Å². The van der Waals surface area contributed by atoms with E-state index in [-0.39, 0.29) is 29.6 Å². The molecule has 2 aromatic rings. The molecule has 37 heavy (non-hydrogen) atoms. The summed E-state index contributed by atoms with van der Waals surface area (Å²) in [6.07, 6.45) is 5.86. The van der Waals surface area contributed by atoms with Crippen LogP contribution in [0.15, 0.2) is 48.5 Å². The Hall–Kier alpha value is -3.35. The largest absolute Gasteiger partial charge is 0.367 e. The zero-order valence-electron chi connectivity index (χ0n) is 21.8. The van der Waals surface area contributed by atoms with Gasteiger partial charge in [0.15, 0.2) is 0 Å². The highest BCUT2D eigenvalue weighted by Crippen LogP contribution is 2.32. The highest BCUT2D eigenvalue weighted by atomic mass is 16.2. The Bertz CT molecular complexity index is 1120. The maximum Gasteiger partial charge on any atom is 0.256 e. The Morgan fingerprint density at radius 2 is 1.57 bits per heavy atom. The second-order valence-electron chi connectivity index (χ2n) is 10.5. The molecule has 0 aromatic heterocycles. The first-order chi connectivity index (χ1) is 18.0. The van der Waals surface area contributed by atoms with Gasteiger partial charge in [-0.05, 0) is 62.3 Å². The van der Waals surface area contributed by atoms with Gasteiger partial charge in [-0.2, -0.15) is 0 Å². The number of hydrogen-bond acceptors (Lipinski definition) is 4. The molecule has 1 unspecified atom stereocenters. The molecule has 2 heterocycles. The van der Waals surface area contributed by atoms with Gasteiger partial charge in [-0.3, -0.25) is 14.4 Å². The average Bonchev–Trinajstić information content (AvgIpc) is 3.80. The van der Waals surface area contributed by atoms with Gasteiger partial charge in [-0.25, -0.2) is 0 Å². The summed E-state index contributed by atoms with van der Waals surface area (Å²) in [6, 6.07) is 15.7. The van der Waals surface area contributed by atoms with Crippen molar-refractivity contribution in [3.05, 3.63) is 59.7 Å². The van der Waals surface area contributed by atoms with Crippen LogP contribution >= 0.6 is 0 Å². The van der Waals surface area contributed by atoms with Crippen LogP contribution < -0.4 is 10.2 Å². The lowest BCUT2D eigenvalue weighted by molar-refractivity contribution is -0.133. The number of nitrogens with one attached hydrogen (secondary N) is 1. The number of piperidine rings is 1. The summed E-state index contributed by atoms with van der Waals surface area (Å²) in [5.74, 6) is 0.231. The van der Waals surface area contributed by atoms with Gasteiger partial charge in [0, 0.05) is 56.6 Å². The van der Waals surface area contributed by atoms with Gasteiger partial charge in [-0.15, -0.1) is 0 Å². The standard InChI is InChI=1S/C30H38N4O3/c1-2-25(22-9-5-3-6-10-22)29(36)34-19-17-32(18-20-34)27-14-13-24(31-28(35)23-11-12-23)21-26(27)30(37)33-15-7-4-8-16-33/h3,5-6,9-10,13-14,21,23,25H,2,4,7-8,11-12,15-20H2,1H3,(H,31,35). The minimum absolute atomic E-state index is 0.0332. The van der Waals surface area contributed by atoms with Crippen molar-refractivity contribution < 1.29 is 14.4 Å². The van der Waals surface area contributed by atoms with Crippen molar-refractivity contribution in [1.29, 1.82) is 0 Å². The number of likely N-dealkylation sites (tertiary alicyclic amines) is 1. The fraction of sp³-hybridized carbons (Fsp3) is 0.500. The number of nitrogens with zero attached hydrogens (tertiary/aromatic N) is 3. The lowest BCUT2D eigenvalue weighted by Crippen LogP contribution is -2.50. The van der Waals surface area contributed by atoms with Crippen molar-refractivity contribution in [1.82, 2.24) is 9.80 Å². The molecule has 1 saturated carbocycles. The van der Waals surface area contributed by atoms with Gasteiger partial charge in [0.05, 0.1) is 11.5 Å². The van der Waals surface area contributed by atoms with Gasteiger partial charge >= 0.3 is 0 Å². The molecule has 3 amide bonds. The van der Waals surface area contributed by atoms with Crippen molar-refractivity contribution >= 4 is 29.1 Å². The third kappa shape index (κ3) is 5.81. The smallest absolute Gasteiger partial charge is 0.256 e. The number of carbonyl (C=O) groups is 3. The van der Waals surface area contributed by atoms with E-state index in [2.05, 4.69) is 17.1 Å². The Kier molecular flexibility index (Phi) is 7.77. The summed E-state index contributed by atoms with van der Waals surface area (Å²) in [6.45, 7) is 6.21. The maximum absolute atomic E-state index is 13.6. The molecule has 1 aliphatic carbocycles. The Morgan fingerprint density at radius 3 is 2.22 bits per heavy atom. The normalized spacial score (nSPS) is 18.9. The molecule has 0 spiro atoms. The quantitative estimate of drug-likeness (QED) is 0.605. The number of benzene rings is 2. The molecule has 2 aromatic carbocycles. The van der Waals surface area contributed by atoms with Gasteiger partial charge in [0.2, 0.25) is 11.8 Å². The zero-order chi connectivity index (χ0) is 25.8. The highest BCUT2D eigenvalue weighted by molar-refractivity contribution is 6.02. The molecular formula is C30H38N4O3. The SMILES string of the molecule is CCC(C(=O)N1CCN(c2ccc(NC(=O)C3CC3)cc2C(=O)N2CCCCC2)CC1)c1ccccc1. The van der Waals surface area contributed by atoms with E-state index in [1.807, 2.05) is 58.3 Å².